The Labute approximate surface area is 214 Å². The molecule has 0 fully saturated rings. The van der Waals surface area contributed by atoms with Crippen LogP contribution in [0.3, 0.4) is 0 Å². The number of carbonyl (C=O) groups is 1. The maximum absolute atomic E-state index is 11.5. The first-order valence-electron chi connectivity index (χ1n) is 9.43. The first-order valence-corrected chi connectivity index (χ1v) is 11.1. The second-order valence-corrected chi connectivity index (χ2v) is 8.68. The van der Waals surface area contributed by atoms with Crippen LogP contribution >= 0.6 is 49.5 Å². The number of nitrogen functional groups attached to an aromatic ring is 1. The number of benzene rings is 3. The van der Waals surface area contributed by atoms with E-state index in [4.69, 9.17) is 23.1 Å². The zero-order chi connectivity index (χ0) is 24.4. The van der Waals surface area contributed by atoms with Crippen LogP contribution in [0.4, 0.5) is 39.4 Å². The molecule has 0 aliphatic rings. The van der Waals surface area contributed by atoms with Gasteiger partial charge in [0.25, 0.3) is 0 Å². The maximum Gasteiger partial charge on any atom is 0.316 e. The fourth-order valence-electron chi connectivity index (χ4n) is 3.03. The highest BCUT2D eigenvalue weighted by Crippen LogP contribution is 2.36. The van der Waals surface area contributed by atoms with Gasteiger partial charge in [0.15, 0.2) is 0 Å². The molecule has 10 nitrogen and oxygen atoms in total. The Morgan fingerprint density at radius 3 is 2.44 bits per heavy atom. The minimum Gasteiger partial charge on any atom is -0.368 e. The number of halogens is 1. The van der Waals surface area contributed by atoms with Gasteiger partial charge in [-0.05, 0) is 64.8 Å². The first-order chi connectivity index (χ1) is 16.2. The molecule has 0 spiro atoms. The lowest BCUT2D eigenvalue weighted by molar-refractivity contribution is 0.259. The number of anilines is 4. The summed E-state index contributed by atoms with van der Waals surface area (Å²) in [7, 11) is 0. The standard InChI is InChI=1S/C20H16ClN9OS3/c21-17-26-18(22)28-20(27-17)24-9-1-2-12(13(5-9)25-19(23)31)29-30-14-7-11-8(4-16(14)34)3-10(32)6-15(11)33/h1-7,32-34H,(H3,23,25,31)(H3,22,24,26,27,28). The third-order valence-electron chi connectivity index (χ3n) is 4.41. The van der Waals surface area contributed by atoms with E-state index in [2.05, 4.69) is 73.7 Å². The van der Waals surface area contributed by atoms with Crippen molar-refractivity contribution in [2.45, 2.75) is 14.7 Å². The Morgan fingerprint density at radius 1 is 0.941 bits per heavy atom. The lowest BCUT2D eigenvalue weighted by Gasteiger charge is -2.10. The van der Waals surface area contributed by atoms with Crippen LogP contribution in [0.1, 0.15) is 0 Å². The van der Waals surface area contributed by atoms with Crippen molar-refractivity contribution in [3.63, 3.8) is 0 Å². The van der Waals surface area contributed by atoms with Crippen LogP contribution in [0.5, 0.6) is 0 Å². The average molecular weight is 530 g/mol. The topological polar surface area (TPSA) is 157 Å². The molecule has 14 heteroatoms. The number of urea groups is 1. The number of nitrogens with two attached hydrogens (primary N) is 2. The van der Waals surface area contributed by atoms with Crippen LogP contribution < -0.4 is 22.1 Å². The number of hydrogen-bond acceptors (Lipinski definition) is 11. The normalized spacial score (nSPS) is 11.2. The van der Waals surface area contributed by atoms with Gasteiger partial charge in [-0.3, -0.25) is 0 Å². The Hall–Kier alpha value is -3.26. The zero-order valence-electron chi connectivity index (χ0n) is 17.1. The van der Waals surface area contributed by atoms with Crippen LogP contribution in [0.15, 0.2) is 67.4 Å². The monoisotopic (exact) mass is 529 g/mol. The number of rotatable bonds is 5. The third-order valence-corrected chi connectivity index (χ3v) is 5.57. The van der Waals surface area contributed by atoms with Crippen molar-refractivity contribution in [2.75, 3.05) is 16.4 Å². The van der Waals surface area contributed by atoms with E-state index in [1.807, 2.05) is 24.3 Å². The van der Waals surface area contributed by atoms with Crippen molar-refractivity contribution in [1.29, 1.82) is 0 Å². The van der Waals surface area contributed by atoms with E-state index in [0.29, 0.717) is 27.6 Å². The van der Waals surface area contributed by atoms with Crippen molar-refractivity contribution in [3.8, 4) is 0 Å². The second kappa shape index (κ2) is 9.93. The molecule has 0 atom stereocenters. The van der Waals surface area contributed by atoms with E-state index in [1.165, 1.54) is 0 Å². The number of azo groups is 1. The van der Waals surface area contributed by atoms with Crippen molar-refractivity contribution in [1.82, 2.24) is 15.0 Å². The lowest BCUT2D eigenvalue weighted by atomic mass is 10.1. The molecule has 0 radical (unpaired) electrons. The molecule has 0 bridgehead atoms. The van der Waals surface area contributed by atoms with Crippen LogP contribution in [0, 0.1) is 0 Å². The second-order valence-electron chi connectivity index (χ2n) is 6.86. The molecule has 34 heavy (non-hydrogen) atoms. The van der Waals surface area contributed by atoms with Gasteiger partial charge in [0.05, 0.1) is 11.4 Å². The van der Waals surface area contributed by atoms with Gasteiger partial charge in [-0.25, -0.2) is 4.79 Å². The molecule has 1 heterocycles. The van der Waals surface area contributed by atoms with Gasteiger partial charge in [0.2, 0.25) is 17.2 Å². The van der Waals surface area contributed by atoms with Gasteiger partial charge in [0.1, 0.15) is 5.69 Å². The minimum atomic E-state index is -0.774. The average Bonchev–Trinajstić information content (AvgIpc) is 2.72. The molecule has 1 aromatic heterocycles. The summed E-state index contributed by atoms with van der Waals surface area (Å²) in [6.07, 6.45) is 0. The molecule has 172 valence electrons. The zero-order valence-corrected chi connectivity index (χ0v) is 20.5. The van der Waals surface area contributed by atoms with Gasteiger partial charge >= 0.3 is 6.03 Å². The molecule has 2 amide bonds. The van der Waals surface area contributed by atoms with E-state index < -0.39 is 6.03 Å². The highest BCUT2D eigenvalue weighted by atomic mass is 35.5. The summed E-state index contributed by atoms with van der Waals surface area (Å²) in [6.45, 7) is 0. The van der Waals surface area contributed by atoms with Crippen LogP contribution in [0.2, 0.25) is 5.28 Å². The van der Waals surface area contributed by atoms with E-state index in [-0.39, 0.29) is 17.2 Å². The number of aromatic nitrogens is 3. The third kappa shape index (κ3) is 5.62. The highest BCUT2D eigenvalue weighted by Gasteiger charge is 2.10. The lowest BCUT2D eigenvalue weighted by Crippen LogP contribution is -2.19. The molecule has 0 saturated heterocycles. The fourth-order valence-corrected chi connectivity index (χ4v) is 4.14. The highest BCUT2D eigenvalue weighted by molar-refractivity contribution is 7.81. The summed E-state index contributed by atoms with van der Waals surface area (Å²) >= 11 is 19.2. The summed E-state index contributed by atoms with van der Waals surface area (Å²) in [5.41, 5.74) is 12.6. The molecule has 3 aromatic carbocycles. The predicted molar refractivity (Wildman–Crippen MR) is 142 cm³/mol. The van der Waals surface area contributed by atoms with Gasteiger partial charge in [-0.2, -0.15) is 15.0 Å². The number of thiol groups is 3. The molecule has 0 unspecified atom stereocenters. The summed E-state index contributed by atoms with van der Waals surface area (Å²) in [6, 6.07) is 11.5. The van der Waals surface area contributed by atoms with Crippen LogP contribution in [0.25, 0.3) is 10.8 Å². The Morgan fingerprint density at radius 2 is 1.71 bits per heavy atom. The number of fused-ring (bicyclic) bond motifs is 1. The predicted octanol–water partition coefficient (Wildman–Crippen LogP) is 5.78. The Bertz CT molecular complexity index is 1450. The number of primary amides is 1. The van der Waals surface area contributed by atoms with E-state index in [9.17, 15) is 4.79 Å². The molecule has 0 aliphatic heterocycles. The van der Waals surface area contributed by atoms with E-state index in [1.54, 1.807) is 18.2 Å². The van der Waals surface area contributed by atoms with Crippen molar-refractivity contribution < 1.29 is 4.79 Å². The van der Waals surface area contributed by atoms with E-state index >= 15 is 0 Å². The molecular weight excluding hydrogens is 514 g/mol. The van der Waals surface area contributed by atoms with Crippen molar-refractivity contribution in [3.05, 3.63) is 47.7 Å². The van der Waals surface area contributed by atoms with Gasteiger partial charge in [0, 0.05) is 20.4 Å². The quantitative estimate of drug-likeness (QED) is 0.128. The van der Waals surface area contributed by atoms with Crippen molar-refractivity contribution >= 4 is 101 Å². The number of amides is 2. The summed E-state index contributed by atoms with van der Waals surface area (Å²) in [4.78, 5) is 25.3. The number of hydrogen-bond donors (Lipinski definition) is 7. The number of carbonyl (C=O) groups excluding carboxylic acids is 1. The SMILES string of the molecule is NC(=O)Nc1cc(Nc2nc(N)nc(Cl)n2)ccc1N=Nc1cc2c(S)cc(S)cc2cc1S. The molecule has 0 saturated carbocycles. The van der Waals surface area contributed by atoms with Crippen molar-refractivity contribution in [2.24, 2.45) is 16.0 Å². The number of nitrogens with zero attached hydrogens (tertiary/aromatic N) is 5. The molecule has 0 aliphatic carbocycles. The van der Waals surface area contributed by atoms with Gasteiger partial charge < -0.3 is 22.1 Å². The Balaban J connectivity index is 1.68. The fraction of sp³-hybridized carbons (Fsp3) is 0. The summed E-state index contributed by atoms with van der Waals surface area (Å²) in [5, 5.41) is 15.8. The minimum absolute atomic E-state index is 0.0451. The maximum atomic E-state index is 11.5. The number of nitrogens with one attached hydrogen (secondary N) is 2. The van der Waals surface area contributed by atoms with E-state index in [0.717, 1.165) is 20.6 Å². The van der Waals surface area contributed by atoms with Gasteiger partial charge in [-0.15, -0.1) is 48.1 Å². The van der Waals surface area contributed by atoms with Gasteiger partial charge in [-0.1, -0.05) is 0 Å². The largest absolute Gasteiger partial charge is 0.368 e. The van der Waals surface area contributed by atoms with Crippen LogP contribution in [-0.2, 0) is 0 Å². The summed E-state index contributed by atoms with van der Waals surface area (Å²) < 4.78 is 0. The molecule has 4 aromatic rings. The smallest absolute Gasteiger partial charge is 0.316 e. The first kappa shape index (κ1) is 23.9. The van der Waals surface area contributed by atoms with Crippen LogP contribution in [-0.4, -0.2) is 21.0 Å². The molecule has 4 rings (SSSR count). The molecule has 6 N–H and O–H groups in total. The summed E-state index contributed by atoms with van der Waals surface area (Å²) in [5.74, 6) is 0.0796. The molecular formula is C20H16ClN9OS3. The Kier molecular flexibility index (Phi) is 6.97.